The van der Waals surface area contributed by atoms with E-state index in [2.05, 4.69) is 57.8 Å². The summed E-state index contributed by atoms with van der Waals surface area (Å²) < 4.78 is 1.72. The van der Waals surface area contributed by atoms with Gasteiger partial charge in [0.05, 0.1) is 0 Å². The van der Waals surface area contributed by atoms with Crippen molar-refractivity contribution in [2.45, 2.75) is 19.1 Å². The van der Waals surface area contributed by atoms with Crippen LogP contribution in [0.4, 0.5) is 11.5 Å². The van der Waals surface area contributed by atoms with E-state index in [1.165, 1.54) is 11.9 Å². The van der Waals surface area contributed by atoms with E-state index >= 15 is 0 Å². The van der Waals surface area contributed by atoms with E-state index < -0.39 is 0 Å². The molecule has 0 amide bonds. The highest BCUT2D eigenvalue weighted by Gasteiger charge is 2.07. The molecule has 0 bridgehead atoms. The number of aryl methyl sites for hydroxylation is 1. The highest BCUT2D eigenvalue weighted by molar-refractivity contribution is 7.97. The topological polar surface area (TPSA) is 55.1 Å². The first-order valence-corrected chi connectivity index (χ1v) is 8.24. The number of aromatic nitrogens is 4. The minimum Gasteiger partial charge on any atom is -0.340 e. The summed E-state index contributed by atoms with van der Waals surface area (Å²) in [6.45, 7) is 2.08. The Bertz CT molecular complexity index is 735. The molecule has 1 aromatic carbocycles. The predicted octanol–water partition coefficient (Wildman–Crippen LogP) is 3.29. The first kappa shape index (κ1) is 13.9. The fourth-order valence-electron chi connectivity index (χ4n) is 2.13. The summed E-state index contributed by atoms with van der Waals surface area (Å²) >= 11 is 1.82. The van der Waals surface area contributed by atoms with Crippen molar-refractivity contribution >= 4 is 29.0 Å². The lowest BCUT2D eigenvalue weighted by Gasteiger charge is -2.10. The highest BCUT2D eigenvalue weighted by Crippen LogP contribution is 2.19. The van der Waals surface area contributed by atoms with Crippen LogP contribution in [-0.4, -0.2) is 25.8 Å². The van der Waals surface area contributed by atoms with Crippen molar-refractivity contribution in [2.24, 2.45) is 0 Å². The summed E-state index contributed by atoms with van der Waals surface area (Å²) in [7, 11) is 0. The molecule has 0 fully saturated rings. The van der Waals surface area contributed by atoms with Gasteiger partial charge in [-0.15, -0.1) is 0 Å². The largest absolute Gasteiger partial charge is 0.340 e. The summed E-state index contributed by atoms with van der Waals surface area (Å²) in [5.41, 5.74) is 3.35. The van der Waals surface area contributed by atoms with Gasteiger partial charge in [-0.3, -0.25) is 0 Å². The Hall–Kier alpha value is -2.08. The number of nitrogens with one attached hydrogen (secondary N) is 1. The second-order valence-corrected chi connectivity index (χ2v) is 5.58. The van der Waals surface area contributed by atoms with E-state index in [9.17, 15) is 0 Å². The third-order valence-corrected chi connectivity index (χ3v) is 3.83. The maximum atomic E-state index is 4.44. The second-order valence-electron chi connectivity index (χ2n) is 4.71. The van der Waals surface area contributed by atoms with Crippen molar-refractivity contribution in [3.05, 3.63) is 47.9 Å². The molecule has 6 heteroatoms. The van der Waals surface area contributed by atoms with Crippen molar-refractivity contribution in [3.63, 3.8) is 0 Å². The zero-order valence-corrected chi connectivity index (χ0v) is 12.9. The van der Waals surface area contributed by atoms with Gasteiger partial charge in [0.15, 0.2) is 0 Å². The molecule has 0 radical (unpaired) electrons. The van der Waals surface area contributed by atoms with Gasteiger partial charge in [-0.05, 0) is 30.4 Å². The Morgan fingerprint density at radius 1 is 1.24 bits per heavy atom. The van der Waals surface area contributed by atoms with Gasteiger partial charge in [-0.2, -0.15) is 26.4 Å². The van der Waals surface area contributed by atoms with Gasteiger partial charge >= 0.3 is 0 Å². The zero-order chi connectivity index (χ0) is 14.7. The Kier molecular flexibility index (Phi) is 4.06. The lowest BCUT2D eigenvalue weighted by molar-refractivity contribution is 0.918. The first-order valence-electron chi connectivity index (χ1n) is 6.84. The van der Waals surface area contributed by atoms with Gasteiger partial charge in [-0.1, -0.05) is 19.1 Å². The SMILES string of the molecule is CCc1cc(Nc2ccc(CSC)cc2)n2ncnc2n1. The van der Waals surface area contributed by atoms with Crippen LogP contribution in [0, 0.1) is 0 Å². The Morgan fingerprint density at radius 3 is 2.76 bits per heavy atom. The van der Waals surface area contributed by atoms with Gasteiger partial charge in [0.2, 0.25) is 0 Å². The number of nitrogens with zero attached hydrogens (tertiary/aromatic N) is 4. The number of thioether (sulfide) groups is 1. The van der Waals surface area contributed by atoms with Crippen molar-refractivity contribution in [2.75, 3.05) is 11.6 Å². The van der Waals surface area contributed by atoms with E-state index in [1.807, 2.05) is 17.8 Å². The molecule has 0 aliphatic carbocycles. The van der Waals surface area contributed by atoms with Gasteiger partial charge in [-0.25, -0.2) is 4.98 Å². The quantitative estimate of drug-likeness (QED) is 0.783. The van der Waals surface area contributed by atoms with Crippen molar-refractivity contribution < 1.29 is 0 Å². The highest BCUT2D eigenvalue weighted by atomic mass is 32.2. The molecule has 5 nitrogen and oxygen atoms in total. The van der Waals surface area contributed by atoms with E-state index in [0.717, 1.165) is 29.4 Å². The van der Waals surface area contributed by atoms with Crippen LogP contribution in [0.3, 0.4) is 0 Å². The molecule has 0 saturated carbocycles. The molecular weight excluding hydrogens is 282 g/mol. The third kappa shape index (κ3) is 3.00. The molecule has 0 saturated heterocycles. The lowest BCUT2D eigenvalue weighted by atomic mass is 10.2. The summed E-state index contributed by atoms with van der Waals surface area (Å²) in [5.74, 6) is 2.53. The molecule has 2 aromatic heterocycles. The first-order chi connectivity index (χ1) is 10.3. The molecule has 0 atom stereocenters. The van der Waals surface area contributed by atoms with Crippen LogP contribution in [0.15, 0.2) is 36.7 Å². The number of hydrogen-bond donors (Lipinski definition) is 1. The van der Waals surface area contributed by atoms with Crippen LogP contribution < -0.4 is 5.32 Å². The van der Waals surface area contributed by atoms with Crippen molar-refractivity contribution in [3.8, 4) is 0 Å². The minimum absolute atomic E-state index is 0.621. The van der Waals surface area contributed by atoms with Crippen LogP contribution in [-0.2, 0) is 12.2 Å². The fourth-order valence-corrected chi connectivity index (χ4v) is 2.66. The lowest BCUT2D eigenvalue weighted by Crippen LogP contribution is -2.03. The van der Waals surface area contributed by atoms with Crippen LogP contribution in [0.2, 0.25) is 0 Å². The fraction of sp³-hybridized carbons (Fsp3) is 0.267. The molecule has 3 aromatic rings. The monoisotopic (exact) mass is 299 g/mol. The van der Waals surface area contributed by atoms with Gasteiger partial charge < -0.3 is 5.32 Å². The van der Waals surface area contributed by atoms with E-state index in [-0.39, 0.29) is 0 Å². The average Bonchev–Trinajstić information content (AvgIpc) is 2.98. The van der Waals surface area contributed by atoms with Gasteiger partial charge in [0.25, 0.3) is 5.78 Å². The Labute approximate surface area is 127 Å². The number of fused-ring (bicyclic) bond motifs is 1. The van der Waals surface area contributed by atoms with Gasteiger partial charge in [0, 0.05) is 23.2 Å². The normalized spacial score (nSPS) is 11.0. The second kappa shape index (κ2) is 6.13. The number of hydrogen-bond acceptors (Lipinski definition) is 5. The maximum Gasteiger partial charge on any atom is 0.254 e. The molecule has 0 aliphatic heterocycles. The predicted molar refractivity (Wildman–Crippen MR) is 87.1 cm³/mol. The molecular formula is C15H17N5S. The molecule has 0 unspecified atom stereocenters. The molecule has 1 N–H and O–H groups in total. The Morgan fingerprint density at radius 2 is 2.05 bits per heavy atom. The van der Waals surface area contributed by atoms with Crippen molar-refractivity contribution in [1.29, 1.82) is 0 Å². The number of rotatable bonds is 5. The van der Waals surface area contributed by atoms with Crippen LogP contribution in [0.5, 0.6) is 0 Å². The van der Waals surface area contributed by atoms with E-state index in [1.54, 1.807) is 4.52 Å². The maximum absolute atomic E-state index is 4.44. The van der Waals surface area contributed by atoms with E-state index in [0.29, 0.717) is 5.78 Å². The standard InChI is InChI=1S/C15H17N5S/c1-3-12-8-14(20-15(19-12)16-10-17-20)18-13-6-4-11(5-7-13)9-21-2/h4-8,10,18H,3,9H2,1-2H3. The smallest absolute Gasteiger partial charge is 0.254 e. The zero-order valence-electron chi connectivity index (χ0n) is 12.1. The molecule has 2 heterocycles. The molecule has 3 rings (SSSR count). The van der Waals surface area contributed by atoms with Crippen LogP contribution in [0.1, 0.15) is 18.2 Å². The molecule has 0 aliphatic rings. The Balaban J connectivity index is 1.91. The van der Waals surface area contributed by atoms with Gasteiger partial charge in [0.1, 0.15) is 12.1 Å². The third-order valence-electron chi connectivity index (χ3n) is 3.20. The number of benzene rings is 1. The van der Waals surface area contributed by atoms with Crippen LogP contribution >= 0.6 is 11.8 Å². The van der Waals surface area contributed by atoms with Crippen molar-refractivity contribution in [1.82, 2.24) is 19.6 Å². The molecule has 21 heavy (non-hydrogen) atoms. The van der Waals surface area contributed by atoms with Crippen LogP contribution in [0.25, 0.3) is 5.78 Å². The molecule has 0 spiro atoms. The molecule has 108 valence electrons. The van der Waals surface area contributed by atoms with E-state index in [4.69, 9.17) is 0 Å². The average molecular weight is 299 g/mol. The summed E-state index contributed by atoms with van der Waals surface area (Å²) in [4.78, 5) is 8.61. The summed E-state index contributed by atoms with van der Waals surface area (Å²) in [5, 5.41) is 7.61. The number of anilines is 2. The minimum atomic E-state index is 0.621. The summed E-state index contributed by atoms with van der Waals surface area (Å²) in [6.07, 6.45) is 4.50. The summed E-state index contributed by atoms with van der Waals surface area (Å²) in [6, 6.07) is 10.5.